The van der Waals surface area contributed by atoms with Crippen molar-refractivity contribution in [2.45, 2.75) is 0 Å². The van der Waals surface area contributed by atoms with Gasteiger partial charge in [-0.3, -0.25) is 4.98 Å². The van der Waals surface area contributed by atoms with Crippen molar-refractivity contribution in [1.82, 2.24) is 9.97 Å². The SMILES string of the molecule is COc1ccccc1-c1cncc(C(=O)O)n1. The minimum Gasteiger partial charge on any atom is -0.496 e. The van der Waals surface area contributed by atoms with Crippen molar-refractivity contribution in [2.24, 2.45) is 0 Å². The van der Waals surface area contributed by atoms with Gasteiger partial charge < -0.3 is 9.84 Å². The number of benzene rings is 1. The number of hydrogen-bond donors (Lipinski definition) is 1. The van der Waals surface area contributed by atoms with Crippen LogP contribution in [-0.2, 0) is 0 Å². The van der Waals surface area contributed by atoms with E-state index in [0.29, 0.717) is 17.0 Å². The predicted molar refractivity (Wildman–Crippen MR) is 61.0 cm³/mol. The normalized spacial score (nSPS) is 9.94. The molecule has 0 aliphatic heterocycles. The fourth-order valence-corrected chi connectivity index (χ4v) is 1.46. The molecule has 17 heavy (non-hydrogen) atoms. The van der Waals surface area contributed by atoms with Gasteiger partial charge in [0.05, 0.1) is 25.2 Å². The van der Waals surface area contributed by atoms with Gasteiger partial charge >= 0.3 is 5.97 Å². The van der Waals surface area contributed by atoms with Crippen LogP contribution in [0.1, 0.15) is 10.5 Å². The van der Waals surface area contributed by atoms with Crippen LogP contribution < -0.4 is 4.74 Å². The highest BCUT2D eigenvalue weighted by molar-refractivity contribution is 5.85. The first-order valence-electron chi connectivity index (χ1n) is 4.91. The molecule has 0 radical (unpaired) electrons. The van der Waals surface area contributed by atoms with Crippen LogP contribution in [0.25, 0.3) is 11.3 Å². The van der Waals surface area contributed by atoms with E-state index in [0.717, 1.165) is 0 Å². The summed E-state index contributed by atoms with van der Waals surface area (Å²) in [6, 6.07) is 7.24. The number of carboxylic acid groups (broad SMARTS) is 1. The second kappa shape index (κ2) is 4.61. The molecule has 1 heterocycles. The van der Waals surface area contributed by atoms with Gasteiger partial charge in [0.2, 0.25) is 0 Å². The van der Waals surface area contributed by atoms with E-state index in [1.165, 1.54) is 12.4 Å². The number of aromatic nitrogens is 2. The molecule has 0 atom stereocenters. The molecule has 0 aliphatic rings. The summed E-state index contributed by atoms with van der Waals surface area (Å²) in [5, 5.41) is 8.85. The molecule has 5 heteroatoms. The van der Waals surface area contributed by atoms with Crippen LogP contribution in [0, 0.1) is 0 Å². The average Bonchev–Trinajstić information content (AvgIpc) is 2.39. The maximum Gasteiger partial charge on any atom is 0.356 e. The third-order valence-corrected chi connectivity index (χ3v) is 2.24. The number of aromatic carboxylic acids is 1. The summed E-state index contributed by atoms with van der Waals surface area (Å²) in [7, 11) is 1.55. The highest BCUT2D eigenvalue weighted by Gasteiger charge is 2.10. The molecule has 0 aliphatic carbocycles. The maximum absolute atomic E-state index is 10.8. The minimum atomic E-state index is -1.10. The van der Waals surface area contributed by atoms with Crippen molar-refractivity contribution < 1.29 is 14.6 Å². The van der Waals surface area contributed by atoms with E-state index in [1.54, 1.807) is 19.2 Å². The molecule has 0 spiro atoms. The Bertz CT molecular complexity index is 555. The number of nitrogens with zero attached hydrogens (tertiary/aromatic N) is 2. The van der Waals surface area contributed by atoms with Gasteiger partial charge in [0, 0.05) is 5.56 Å². The summed E-state index contributed by atoms with van der Waals surface area (Å²) >= 11 is 0. The maximum atomic E-state index is 10.8. The third-order valence-electron chi connectivity index (χ3n) is 2.24. The summed E-state index contributed by atoms with van der Waals surface area (Å²) in [5.41, 5.74) is 1.10. The molecule has 0 amide bonds. The van der Waals surface area contributed by atoms with E-state index in [1.807, 2.05) is 12.1 Å². The highest BCUT2D eigenvalue weighted by atomic mass is 16.5. The van der Waals surface area contributed by atoms with Gasteiger partial charge in [-0.25, -0.2) is 9.78 Å². The molecule has 0 unspecified atom stereocenters. The summed E-state index contributed by atoms with van der Waals surface area (Å²) in [6.07, 6.45) is 2.71. The zero-order valence-electron chi connectivity index (χ0n) is 9.12. The second-order valence-corrected chi connectivity index (χ2v) is 3.29. The minimum absolute atomic E-state index is 0.0894. The van der Waals surface area contributed by atoms with Crippen molar-refractivity contribution in [1.29, 1.82) is 0 Å². The standard InChI is InChI=1S/C12H10N2O3/c1-17-11-5-3-2-4-8(11)9-6-13-7-10(14-9)12(15)16/h2-7H,1H3,(H,15,16). The van der Waals surface area contributed by atoms with Crippen molar-refractivity contribution in [3.05, 3.63) is 42.4 Å². The van der Waals surface area contributed by atoms with Gasteiger partial charge in [-0.15, -0.1) is 0 Å². The summed E-state index contributed by atoms with van der Waals surface area (Å²) in [6.45, 7) is 0. The lowest BCUT2D eigenvalue weighted by molar-refractivity contribution is 0.0690. The number of carboxylic acids is 1. The van der Waals surface area contributed by atoms with Crippen LogP contribution in [0.2, 0.25) is 0 Å². The van der Waals surface area contributed by atoms with E-state index < -0.39 is 5.97 Å². The Morgan fingerprint density at radius 1 is 1.29 bits per heavy atom. The topological polar surface area (TPSA) is 72.3 Å². The van der Waals surface area contributed by atoms with E-state index in [2.05, 4.69) is 9.97 Å². The molecular formula is C12H10N2O3. The predicted octanol–water partition coefficient (Wildman–Crippen LogP) is 1.85. The smallest absolute Gasteiger partial charge is 0.356 e. The van der Waals surface area contributed by atoms with Gasteiger partial charge in [0.25, 0.3) is 0 Å². The fourth-order valence-electron chi connectivity index (χ4n) is 1.46. The quantitative estimate of drug-likeness (QED) is 0.871. The molecule has 0 saturated heterocycles. The lowest BCUT2D eigenvalue weighted by atomic mass is 10.1. The Hall–Kier alpha value is -2.43. The molecular weight excluding hydrogens is 220 g/mol. The Morgan fingerprint density at radius 3 is 2.76 bits per heavy atom. The van der Waals surface area contributed by atoms with E-state index in [-0.39, 0.29) is 5.69 Å². The highest BCUT2D eigenvalue weighted by Crippen LogP contribution is 2.27. The van der Waals surface area contributed by atoms with Gasteiger partial charge in [-0.2, -0.15) is 0 Å². The van der Waals surface area contributed by atoms with Crippen LogP contribution in [0.4, 0.5) is 0 Å². The second-order valence-electron chi connectivity index (χ2n) is 3.29. The molecule has 2 aromatic rings. The van der Waals surface area contributed by atoms with Crippen molar-refractivity contribution in [3.8, 4) is 17.0 Å². The average molecular weight is 230 g/mol. The number of ether oxygens (including phenoxy) is 1. The summed E-state index contributed by atoms with van der Waals surface area (Å²) in [4.78, 5) is 18.7. The number of hydrogen-bond acceptors (Lipinski definition) is 4. The zero-order valence-corrected chi connectivity index (χ0v) is 9.12. The Kier molecular flexibility index (Phi) is 3.00. The number of rotatable bonds is 3. The third kappa shape index (κ3) is 2.23. The monoisotopic (exact) mass is 230 g/mol. The molecule has 5 nitrogen and oxygen atoms in total. The van der Waals surface area contributed by atoms with Gasteiger partial charge in [-0.05, 0) is 12.1 Å². The zero-order chi connectivity index (χ0) is 12.3. The van der Waals surface area contributed by atoms with Crippen LogP contribution in [-0.4, -0.2) is 28.2 Å². The van der Waals surface area contributed by atoms with Crippen LogP contribution in [0.3, 0.4) is 0 Å². The summed E-state index contributed by atoms with van der Waals surface area (Å²) in [5.74, 6) is -0.474. The van der Waals surface area contributed by atoms with Gasteiger partial charge in [0.1, 0.15) is 5.75 Å². The van der Waals surface area contributed by atoms with Crippen LogP contribution in [0.5, 0.6) is 5.75 Å². The number of para-hydroxylation sites is 1. The molecule has 1 N–H and O–H groups in total. The van der Waals surface area contributed by atoms with E-state index in [9.17, 15) is 4.79 Å². The van der Waals surface area contributed by atoms with Crippen LogP contribution in [0.15, 0.2) is 36.7 Å². The molecule has 0 bridgehead atoms. The molecule has 0 fully saturated rings. The van der Waals surface area contributed by atoms with Crippen molar-refractivity contribution in [3.63, 3.8) is 0 Å². The Morgan fingerprint density at radius 2 is 2.06 bits per heavy atom. The first-order chi connectivity index (χ1) is 8.22. The lowest BCUT2D eigenvalue weighted by Gasteiger charge is -2.07. The molecule has 0 saturated carbocycles. The lowest BCUT2D eigenvalue weighted by Crippen LogP contribution is -2.02. The van der Waals surface area contributed by atoms with Gasteiger partial charge in [-0.1, -0.05) is 12.1 Å². The first kappa shape index (κ1) is 11.1. The summed E-state index contributed by atoms with van der Waals surface area (Å²) < 4.78 is 5.18. The van der Waals surface area contributed by atoms with E-state index in [4.69, 9.17) is 9.84 Å². The Balaban J connectivity index is 2.52. The largest absolute Gasteiger partial charge is 0.496 e. The van der Waals surface area contributed by atoms with Crippen LogP contribution >= 0.6 is 0 Å². The molecule has 1 aromatic heterocycles. The number of carbonyl (C=O) groups is 1. The molecule has 86 valence electrons. The number of methoxy groups -OCH3 is 1. The van der Waals surface area contributed by atoms with E-state index >= 15 is 0 Å². The van der Waals surface area contributed by atoms with Gasteiger partial charge in [0.15, 0.2) is 5.69 Å². The Labute approximate surface area is 97.7 Å². The van der Waals surface area contributed by atoms with Crippen molar-refractivity contribution in [2.75, 3.05) is 7.11 Å². The molecule has 1 aromatic carbocycles. The van der Waals surface area contributed by atoms with Crippen molar-refractivity contribution >= 4 is 5.97 Å². The first-order valence-corrected chi connectivity index (χ1v) is 4.91. The fraction of sp³-hybridized carbons (Fsp3) is 0.0833. The molecule has 2 rings (SSSR count).